The Bertz CT molecular complexity index is 731. The van der Waals surface area contributed by atoms with Crippen LogP contribution in [-0.2, 0) is 10.0 Å². The van der Waals surface area contributed by atoms with Crippen LogP contribution in [0.4, 0.5) is 5.13 Å². The van der Waals surface area contributed by atoms with Gasteiger partial charge in [-0.25, -0.2) is 13.4 Å². The zero-order valence-corrected chi connectivity index (χ0v) is 12.0. The minimum Gasteiger partial charge on any atom is -0.366 e. The molecule has 0 spiro atoms. The van der Waals surface area contributed by atoms with Crippen molar-refractivity contribution in [1.29, 1.82) is 0 Å². The number of nitrogens with zero attached hydrogens (tertiary/aromatic N) is 1. The van der Waals surface area contributed by atoms with Crippen LogP contribution in [0.25, 0.3) is 0 Å². The SMILES string of the molecule is CC(C)c1csc(NS(=O)(=O)c2c[nH]ccc2=O)n1. The minimum atomic E-state index is -3.90. The van der Waals surface area contributed by atoms with E-state index in [1.165, 1.54) is 17.5 Å². The van der Waals surface area contributed by atoms with Crippen molar-refractivity contribution in [1.82, 2.24) is 9.97 Å². The van der Waals surface area contributed by atoms with Gasteiger partial charge in [-0.3, -0.25) is 9.52 Å². The molecule has 0 aliphatic carbocycles. The smallest absolute Gasteiger partial charge is 0.269 e. The lowest BCUT2D eigenvalue weighted by molar-refractivity contribution is 0.600. The Labute approximate surface area is 114 Å². The fourth-order valence-corrected chi connectivity index (χ4v) is 3.56. The summed E-state index contributed by atoms with van der Waals surface area (Å²) in [6.07, 6.45) is 2.53. The molecule has 0 aromatic carbocycles. The average Bonchev–Trinajstić information content (AvgIpc) is 2.77. The van der Waals surface area contributed by atoms with E-state index in [0.29, 0.717) is 0 Å². The van der Waals surface area contributed by atoms with Crippen molar-refractivity contribution >= 4 is 26.5 Å². The fourth-order valence-electron chi connectivity index (χ4n) is 1.38. The Morgan fingerprint density at radius 3 is 2.74 bits per heavy atom. The van der Waals surface area contributed by atoms with E-state index in [0.717, 1.165) is 18.0 Å². The second-order valence-corrected chi connectivity index (χ2v) is 6.72. The van der Waals surface area contributed by atoms with Crippen LogP contribution in [0, 0.1) is 0 Å². The number of thiazole rings is 1. The molecule has 6 nitrogen and oxygen atoms in total. The first-order chi connectivity index (χ1) is 8.90. The highest BCUT2D eigenvalue weighted by molar-refractivity contribution is 7.92. The molecule has 0 saturated heterocycles. The van der Waals surface area contributed by atoms with Crippen LogP contribution in [-0.4, -0.2) is 18.4 Å². The van der Waals surface area contributed by atoms with Crippen LogP contribution in [0.15, 0.2) is 33.5 Å². The molecular formula is C11H13N3O3S2. The average molecular weight is 299 g/mol. The number of aromatic nitrogens is 2. The number of rotatable bonds is 4. The van der Waals surface area contributed by atoms with Crippen LogP contribution in [0.5, 0.6) is 0 Å². The molecule has 2 N–H and O–H groups in total. The summed E-state index contributed by atoms with van der Waals surface area (Å²) in [6, 6.07) is 1.16. The van der Waals surface area contributed by atoms with Crippen molar-refractivity contribution in [2.75, 3.05) is 4.72 Å². The molecule has 0 bridgehead atoms. The zero-order chi connectivity index (χ0) is 14.0. The molecule has 0 saturated carbocycles. The third-order valence-electron chi connectivity index (χ3n) is 2.41. The first-order valence-electron chi connectivity index (χ1n) is 5.55. The van der Waals surface area contributed by atoms with E-state index >= 15 is 0 Å². The van der Waals surface area contributed by atoms with Gasteiger partial charge in [0.2, 0.25) is 5.43 Å². The van der Waals surface area contributed by atoms with Gasteiger partial charge < -0.3 is 4.98 Å². The maximum Gasteiger partial charge on any atom is 0.269 e. The number of pyridine rings is 1. The quantitative estimate of drug-likeness (QED) is 0.899. The van der Waals surface area contributed by atoms with Crippen molar-refractivity contribution < 1.29 is 8.42 Å². The number of anilines is 1. The van der Waals surface area contributed by atoms with Gasteiger partial charge in [0.1, 0.15) is 0 Å². The Kier molecular flexibility index (Phi) is 3.72. The van der Waals surface area contributed by atoms with E-state index in [2.05, 4.69) is 14.7 Å². The van der Waals surface area contributed by atoms with Crippen molar-refractivity contribution in [2.24, 2.45) is 0 Å². The Morgan fingerprint density at radius 2 is 2.16 bits per heavy atom. The monoisotopic (exact) mass is 299 g/mol. The largest absolute Gasteiger partial charge is 0.366 e. The minimum absolute atomic E-state index is 0.217. The lowest BCUT2D eigenvalue weighted by Crippen LogP contribution is -2.20. The summed E-state index contributed by atoms with van der Waals surface area (Å²) in [4.78, 5) is 17.9. The van der Waals surface area contributed by atoms with E-state index in [-0.39, 0.29) is 15.9 Å². The van der Waals surface area contributed by atoms with Crippen LogP contribution < -0.4 is 10.2 Å². The van der Waals surface area contributed by atoms with Gasteiger partial charge in [-0.1, -0.05) is 13.8 Å². The third-order valence-corrected chi connectivity index (χ3v) is 4.68. The lowest BCUT2D eigenvalue weighted by Gasteiger charge is -2.03. The molecule has 0 unspecified atom stereocenters. The summed E-state index contributed by atoms with van der Waals surface area (Å²) in [7, 11) is -3.90. The Balaban J connectivity index is 2.31. The van der Waals surface area contributed by atoms with Gasteiger partial charge in [-0.05, 0) is 5.92 Å². The summed E-state index contributed by atoms with van der Waals surface area (Å²) in [5, 5.41) is 2.05. The number of hydrogen-bond donors (Lipinski definition) is 2. The topological polar surface area (TPSA) is 91.9 Å². The molecule has 2 rings (SSSR count). The summed E-state index contributed by atoms with van der Waals surface area (Å²) in [5.74, 6) is 0.217. The van der Waals surface area contributed by atoms with Gasteiger partial charge in [-0.15, -0.1) is 11.3 Å². The van der Waals surface area contributed by atoms with E-state index < -0.39 is 15.5 Å². The number of nitrogens with one attached hydrogen (secondary N) is 2. The molecule has 19 heavy (non-hydrogen) atoms. The fraction of sp³-hybridized carbons (Fsp3) is 0.273. The predicted molar refractivity (Wildman–Crippen MR) is 74.1 cm³/mol. The van der Waals surface area contributed by atoms with Gasteiger partial charge in [0.25, 0.3) is 10.0 Å². The summed E-state index contributed by atoms with van der Waals surface area (Å²) in [5.41, 5.74) is 0.247. The van der Waals surface area contributed by atoms with Gasteiger partial charge in [-0.2, -0.15) is 0 Å². The van der Waals surface area contributed by atoms with Gasteiger partial charge in [0, 0.05) is 23.8 Å². The highest BCUT2D eigenvalue weighted by Crippen LogP contribution is 2.23. The Hall–Kier alpha value is -1.67. The van der Waals surface area contributed by atoms with Gasteiger partial charge in [0.15, 0.2) is 10.0 Å². The molecule has 0 atom stereocenters. The summed E-state index contributed by atoms with van der Waals surface area (Å²) >= 11 is 1.19. The molecule has 102 valence electrons. The molecule has 2 heterocycles. The molecule has 0 radical (unpaired) electrons. The lowest BCUT2D eigenvalue weighted by atomic mass is 10.2. The molecule has 8 heteroatoms. The van der Waals surface area contributed by atoms with E-state index in [1.54, 1.807) is 5.38 Å². The van der Waals surface area contributed by atoms with Crippen LogP contribution in [0.2, 0.25) is 0 Å². The van der Waals surface area contributed by atoms with Gasteiger partial charge >= 0.3 is 0 Å². The first kappa shape index (κ1) is 13.8. The predicted octanol–water partition coefficient (Wildman–Crippen LogP) is 1.76. The van der Waals surface area contributed by atoms with Crippen LogP contribution in [0.1, 0.15) is 25.5 Å². The molecule has 2 aromatic rings. The first-order valence-corrected chi connectivity index (χ1v) is 7.92. The maximum absolute atomic E-state index is 12.0. The number of H-pyrrole nitrogens is 1. The van der Waals surface area contributed by atoms with Crippen LogP contribution >= 0.6 is 11.3 Å². The molecular weight excluding hydrogens is 286 g/mol. The van der Waals surface area contributed by atoms with Crippen LogP contribution in [0.3, 0.4) is 0 Å². The van der Waals surface area contributed by atoms with Gasteiger partial charge in [0.05, 0.1) is 5.69 Å². The van der Waals surface area contributed by atoms with E-state index in [9.17, 15) is 13.2 Å². The van der Waals surface area contributed by atoms with E-state index in [4.69, 9.17) is 0 Å². The van der Waals surface area contributed by atoms with Crippen molar-refractivity contribution in [3.05, 3.63) is 39.8 Å². The van der Waals surface area contributed by atoms with Crippen molar-refractivity contribution in [3.63, 3.8) is 0 Å². The molecule has 2 aromatic heterocycles. The molecule has 0 aliphatic rings. The molecule has 0 amide bonds. The van der Waals surface area contributed by atoms with E-state index in [1.807, 2.05) is 13.8 Å². The highest BCUT2D eigenvalue weighted by atomic mass is 32.2. The highest BCUT2D eigenvalue weighted by Gasteiger charge is 2.19. The number of hydrogen-bond acceptors (Lipinski definition) is 5. The summed E-state index contributed by atoms with van der Waals surface area (Å²) in [6.45, 7) is 3.93. The standard InChI is InChI=1S/C11H13N3O3S2/c1-7(2)8-6-18-11(13-8)14-19(16,17)10-5-12-4-3-9(10)15/h3-7H,1-2H3,(H,12,15)(H,13,14). The maximum atomic E-state index is 12.0. The Morgan fingerprint density at radius 1 is 1.42 bits per heavy atom. The number of aromatic amines is 1. The van der Waals surface area contributed by atoms with Crippen molar-refractivity contribution in [2.45, 2.75) is 24.7 Å². The second-order valence-electron chi connectivity index (χ2n) is 4.21. The number of sulfonamides is 1. The molecule has 0 aliphatic heterocycles. The summed E-state index contributed by atoms with van der Waals surface area (Å²) < 4.78 is 26.4. The third kappa shape index (κ3) is 3.02. The second kappa shape index (κ2) is 5.14. The zero-order valence-electron chi connectivity index (χ0n) is 10.4. The molecule has 0 fully saturated rings. The van der Waals surface area contributed by atoms with Crippen molar-refractivity contribution in [3.8, 4) is 0 Å². The normalized spacial score (nSPS) is 11.7.